The van der Waals surface area contributed by atoms with Crippen LogP contribution in [0.3, 0.4) is 0 Å². The highest BCUT2D eigenvalue weighted by Crippen LogP contribution is 2.42. The van der Waals surface area contributed by atoms with Crippen LogP contribution in [0.4, 0.5) is 0 Å². The molecule has 2 aliphatic rings. The van der Waals surface area contributed by atoms with E-state index in [0.29, 0.717) is 17.9 Å². The van der Waals surface area contributed by atoms with Gasteiger partial charge in [0, 0.05) is 12.6 Å². The van der Waals surface area contributed by atoms with Crippen molar-refractivity contribution >= 4 is 0 Å². The number of hydrogen-bond acceptors (Lipinski definition) is 3. The van der Waals surface area contributed by atoms with Crippen molar-refractivity contribution in [1.29, 1.82) is 0 Å². The molecule has 0 radical (unpaired) electrons. The molecule has 3 heteroatoms. The third-order valence-corrected chi connectivity index (χ3v) is 5.06. The largest absolute Gasteiger partial charge is 0.395 e. The van der Waals surface area contributed by atoms with Crippen LogP contribution >= 0.6 is 0 Å². The standard InChI is InChI=1S/C14H27NO2/c1-10-5-7-15(12(10)9-16)8-11-4-6-14(2,3)13(11)17/h10-13,16-17H,4-9H2,1-3H3. The molecule has 0 bridgehead atoms. The molecule has 0 aromatic carbocycles. The maximum atomic E-state index is 10.3. The van der Waals surface area contributed by atoms with Crippen LogP contribution in [0, 0.1) is 17.3 Å². The fourth-order valence-electron chi connectivity index (χ4n) is 3.60. The first kappa shape index (κ1) is 13.3. The summed E-state index contributed by atoms with van der Waals surface area (Å²) in [5, 5.41) is 19.8. The van der Waals surface area contributed by atoms with Gasteiger partial charge < -0.3 is 10.2 Å². The summed E-state index contributed by atoms with van der Waals surface area (Å²) in [5.74, 6) is 0.982. The Hall–Kier alpha value is -0.120. The maximum absolute atomic E-state index is 10.3. The molecule has 1 aliphatic heterocycles. The fraction of sp³-hybridized carbons (Fsp3) is 1.00. The van der Waals surface area contributed by atoms with Crippen LogP contribution in [0.15, 0.2) is 0 Å². The predicted molar refractivity (Wildman–Crippen MR) is 68.7 cm³/mol. The Balaban J connectivity index is 1.94. The summed E-state index contributed by atoms with van der Waals surface area (Å²) in [4.78, 5) is 2.39. The molecule has 1 saturated carbocycles. The second-order valence-electron chi connectivity index (χ2n) is 6.74. The van der Waals surface area contributed by atoms with E-state index in [9.17, 15) is 10.2 Å². The average molecular weight is 241 g/mol. The van der Waals surface area contributed by atoms with Crippen molar-refractivity contribution in [3.05, 3.63) is 0 Å². The number of aliphatic hydroxyl groups is 2. The third-order valence-electron chi connectivity index (χ3n) is 5.06. The van der Waals surface area contributed by atoms with Gasteiger partial charge in [0.1, 0.15) is 0 Å². The zero-order valence-corrected chi connectivity index (χ0v) is 11.4. The van der Waals surface area contributed by atoms with Crippen molar-refractivity contribution in [2.24, 2.45) is 17.3 Å². The van der Waals surface area contributed by atoms with Gasteiger partial charge in [0.05, 0.1) is 12.7 Å². The predicted octanol–water partition coefficient (Wildman–Crippen LogP) is 1.49. The second kappa shape index (κ2) is 4.87. The van der Waals surface area contributed by atoms with Crippen LogP contribution in [0.5, 0.6) is 0 Å². The van der Waals surface area contributed by atoms with Gasteiger partial charge in [0.15, 0.2) is 0 Å². The fourth-order valence-corrected chi connectivity index (χ4v) is 3.60. The Morgan fingerprint density at radius 2 is 2.00 bits per heavy atom. The highest BCUT2D eigenvalue weighted by atomic mass is 16.3. The van der Waals surface area contributed by atoms with E-state index in [1.54, 1.807) is 0 Å². The number of aliphatic hydroxyl groups excluding tert-OH is 2. The lowest BCUT2D eigenvalue weighted by Crippen LogP contribution is -2.41. The zero-order chi connectivity index (χ0) is 12.6. The molecule has 4 unspecified atom stereocenters. The van der Waals surface area contributed by atoms with Crippen LogP contribution in [0.1, 0.15) is 40.0 Å². The van der Waals surface area contributed by atoms with Crippen molar-refractivity contribution in [1.82, 2.24) is 4.90 Å². The summed E-state index contributed by atoms with van der Waals surface area (Å²) in [6.07, 6.45) is 3.23. The Morgan fingerprint density at radius 3 is 2.53 bits per heavy atom. The Bertz CT molecular complexity index is 265. The van der Waals surface area contributed by atoms with E-state index >= 15 is 0 Å². The molecule has 2 rings (SSSR count). The molecule has 100 valence electrons. The lowest BCUT2D eigenvalue weighted by Gasteiger charge is -2.31. The molecule has 17 heavy (non-hydrogen) atoms. The molecule has 0 aromatic rings. The molecule has 3 nitrogen and oxygen atoms in total. The normalized spacial score (nSPS) is 42.2. The number of rotatable bonds is 3. The van der Waals surface area contributed by atoms with E-state index in [2.05, 4.69) is 25.7 Å². The summed E-state index contributed by atoms with van der Waals surface area (Å²) < 4.78 is 0. The Morgan fingerprint density at radius 1 is 1.29 bits per heavy atom. The summed E-state index contributed by atoms with van der Waals surface area (Å²) in [6, 6.07) is 0.311. The van der Waals surface area contributed by atoms with Crippen molar-refractivity contribution in [3.8, 4) is 0 Å². The molecular weight excluding hydrogens is 214 g/mol. The molecule has 0 spiro atoms. The van der Waals surface area contributed by atoms with E-state index in [0.717, 1.165) is 25.9 Å². The van der Waals surface area contributed by atoms with Gasteiger partial charge in [-0.25, -0.2) is 0 Å². The average Bonchev–Trinajstić information content (AvgIpc) is 2.74. The SMILES string of the molecule is CC1CCN(CC2CCC(C)(C)C2O)C1CO. The van der Waals surface area contributed by atoms with E-state index in [-0.39, 0.29) is 18.1 Å². The highest BCUT2D eigenvalue weighted by molar-refractivity contribution is 4.94. The molecule has 2 fully saturated rings. The van der Waals surface area contributed by atoms with Gasteiger partial charge in [-0.05, 0) is 43.1 Å². The third kappa shape index (κ3) is 2.51. The molecule has 4 atom stereocenters. The van der Waals surface area contributed by atoms with E-state index in [1.165, 1.54) is 6.42 Å². The van der Waals surface area contributed by atoms with Crippen LogP contribution in [-0.4, -0.2) is 47.0 Å². The smallest absolute Gasteiger partial charge is 0.0631 e. The van der Waals surface area contributed by atoms with E-state index in [4.69, 9.17) is 0 Å². The minimum absolute atomic E-state index is 0.0741. The highest BCUT2D eigenvalue weighted by Gasteiger charge is 2.42. The summed E-state index contributed by atoms with van der Waals surface area (Å²) in [6.45, 7) is 8.83. The van der Waals surface area contributed by atoms with Crippen molar-refractivity contribution < 1.29 is 10.2 Å². The minimum atomic E-state index is -0.183. The Kier molecular flexibility index (Phi) is 3.81. The first-order chi connectivity index (χ1) is 7.95. The van der Waals surface area contributed by atoms with Crippen molar-refractivity contribution in [2.45, 2.75) is 52.2 Å². The van der Waals surface area contributed by atoms with Gasteiger partial charge in [-0.15, -0.1) is 0 Å². The molecule has 1 aliphatic carbocycles. The van der Waals surface area contributed by atoms with Crippen molar-refractivity contribution in [2.75, 3.05) is 19.7 Å². The quantitative estimate of drug-likeness (QED) is 0.787. The van der Waals surface area contributed by atoms with Gasteiger partial charge in [0.2, 0.25) is 0 Å². The lowest BCUT2D eigenvalue weighted by molar-refractivity contribution is 0.0252. The van der Waals surface area contributed by atoms with Crippen molar-refractivity contribution in [3.63, 3.8) is 0 Å². The lowest BCUT2D eigenvalue weighted by atomic mass is 9.87. The number of hydrogen-bond donors (Lipinski definition) is 2. The number of likely N-dealkylation sites (tertiary alicyclic amines) is 1. The topological polar surface area (TPSA) is 43.7 Å². The van der Waals surface area contributed by atoms with Crippen LogP contribution in [-0.2, 0) is 0 Å². The second-order valence-corrected chi connectivity index (χ2v) is 6.74. The van der Waals surface area contributed by atoms with Crippen LogP contribution < -0.4 is 0 Å². The molecular formula is C14H27NO2. The molecule has 0 amide bonds. The summed E-state index contributed by atoms with van der Waals surface area (Å²) in [7, 11) is 0. The first-order valence-corrected chi connectivity index (χ1v) is 6.98. The maximum Gasteiger partial charge on any atom is 0.0631 e. The van der Waals surface area contributed by atoms with Gasteiger partial charge in [-0.3, -0.25) is 4.90 Å². The Labute approximate surface area is 105 Å². The summed E-state index contributed by atoms with van der Waals surface area (Å²) >= 11 is 0. The molecule has 1 saturated heterocycles. The summed E-state index contributed by atoms with van der Waals surface area (Å²) in [5.41, 5.74) is 0.0741. The van der Waals surface area contributed by atoms with E-state index in [1.807, 2.05) is 0 Å². The van der Waals surface area contributed by atoms with Crippen LogP contribution in [0.25, 0.3) is 0 Å². The number of nitrogens with zero attached hydrogens (tertiary/aromatic N) is 1. The van der Waals surface area contributed by atoms with E-state index < -0.39 is 0 Å². The van der Waals surface area contributed by atoms with Gasteiger partial charge in [0.25, 0.3) is 0 Å². The molecule has 0 aromatic heterocycles. The monoisotopic (exact) mass is 241 g/mol. The molecule has 1 heterocycles. The zero-order valence-electron chi connectivity index (χ0n) is 11.4. The first-order valence-electron chi connectivity index (χ1n) is 6.98. The minimum Gasteiger partial charge on any atom is -0.395 e. The van der Waals surface area contributed by atoms with Gasteiger partial charge >= 0.3 is 0 Å². The van der Waals surface area contributed by atoms with Gasteiger partial charge in [-0.1, -0.05) is 20.8 Å². The molecule has 2 N–H and O–H groups in total. The van der Waals surface area contributed by atoms with Gasteiger partial charge in [-0.2, -0.15) is 0 Å². The van der Waals surface area contributed by atoms with Crippen LogP contribution in [0.2, 0.25) is 0 Å².